The van der Waals surface area contributed by atoms with Crippen LogP contribution in [0.1, 0.15) is 0 Å². The largest absolute Gasteiger partial charge is 0.437 e. The lowest BCUT2D eigenvalue weighted by Crippen LogP contribution is -1.98. The first-order valence-corrected chi connectivity index (χ1v) is 7.04. The molecule has 0 aliphatic carbocycles. The fourth-order valence-electron chi connectivity index (χ4n) is 1.37. The molecule has 0 aliphatic rings. The molecule has 6 heteroatoms. The van der Waals surface area contributed by atoms with Crippen molar-refractivity contribution < 1.29 is 13.2 Å². The van der Waals surface area contributed by atoms with Crippen molar-refractivity contribution in [2.24, 2.45) is 0 Å². The molecule has 2 rings (SSSR count). The van der Waals surface area contributed by atoms with Crippen molar-refractivity contribution in [1.82, 2.24) is 4.98 Å². The van der Waals surface area contributed by atoms with Gasteiger partial charge in [-0.15, -0.1) is 0 Å². The fourth-order valence-corrected chi connectivity index (χ4v) is 2.02. The third-order valence-corrected chi connectivity index (χ3v) is 3.36. The third kappa shape index (κ3) is 2.78. The van der Waals surface area contributed by atoms with Crippen LogP contribution in [-0.4, -0.2) is 19.7 Å². The van der Waals surface area contributed by atoms with Gasteiger partial charge in [-0.25, -0.2) is 13.4 Å². The van der Waals surface area contributed by atoms with E-state index in [4.69, 9.17) is 10.5 Å². The molecular formula is C12H12N2O3S. The number of rotatable bonds is 3. The minimum Gasteiger partial charge on any atom is -0.437 e. The molecule has 0 saturated carbocycles. The average Bonchev–Trinajstić information content (AvgIpc) is 2.31. The molecule has 1 aromatic carbocycles. The van der Waals surface area contributed by atoms with Crippen LogP contribution in [-0.2, 0) is 9.84 Å². The molecule has 1 heterocycles. The van der Waals surface area contributed by atoms with Crippen LogP contribution in [0.4, 0.5) is 5.69 Å². The van der Waals surface area contributed by atoms with Gasteiger partial charge in [0, 0.05) is 12.5 Å². The van der Waals surface area contributed by atoms with E-state index >= 15 is 0 Å². The fraction of sp³-hybridized carbons (Fsp3) is 0.0833. The molecule has 0 saturated heterocycles. The summed E-state index contributed by atoms with van der Waals surface area (Å²) in [5, 5.41) is 0. The van der Waals surface area contributed by atoms with Crippen molar-refractivity contribution in [3.63, 3.8) is 0 Å². The van der Waals surface area contributed by atoms with E-state index in [2.05, 4.69) is 4.98 Å². The monoisotopic (exact) mass is 264 g/mol. The van der Waals surface area contributed by atoms with E-state index < -0.39 is 9.84 Å². The van der Waals surface area contributed by atoms with Gasteiger partial charge in [0.15, 0.2) is 9.84 Å². The van der Waals surface area contributed by atoms with Crippen LogP contribution >= 0.6 is 0 Å². The summed E-state index contributed by atoms with van der Waals surface area (Å²) in [6, 6.07) is 9.53. The van der Waals surface area contributed by atoms with E-state index in [1.807, 2.05) is 0 Å². The van der Waals surface area contributed by atoms with Crippen molar-refractivity contribution >= 4 is 15.5 Å². The molecule has 0 unspecified atom stereocenters. The highest BCUT2D eigenvalue weighted by Crippen LogP contribution is 2.26. The van der Waals surface area contributed by atoms with Gasteiger partial charge >= 0.3 is 0 Å². The van der Waals surface area contributed by atoms with Crippen LogP contribution < -0.4 is 10.5 Å². The number of nitrogens with zero attached hydrogens (tertiary/aromatic N) is 1. The van der Waals surface area contributed by atoms with Gasteiger partial charge in [0.05, 0.1) is 10.6 Å². The lowest BCUT2D eigenvalue weighted by molar-refractivity contribution is 0.464. The second-order valence-corrected chi connectivity index (χ2v) is 5.76. The molecule has 94 valence electrons. The smallest absolute Gasteiger partial charge is 0.242 e. The number of pyridine rings is 1. The van der Waals surface area contributed by atoms with Crippen molar-refractivity contribution in [2.75, 3.05) is 12.0 Å². The minimum atomic E-state index is -3.26. The average molecular weight is 264 g/mol. The second-order valence-electron chi connectivity index (χ2n) is 3.75. The van der Waals surface area contributed by atoms with E-state index in [0.29, 0.717) is 11.4 Å². The van der Waals surface area contributed by atoms with E-state index in [1.54, 1.807) is 30.5 Å². The maximum atomic E-state index is 11.4. The van der Waals surface area contributed by atoms with Crippen molar-refractivity contribution in [2.45, 2.75) is 4.90 Å². The molecule has 0 radical (unpaired) electrons. The van der Waals surface area contributed by atoms with E-state index in [0.717, 1.165) is 6.26 Å². The highest BCUT2D eigenvalue weighted by atomic mass is 32.2. The Balaban J connectivity index is 2.34. The van der Waals surface area contributed by atoms with Crippen LogP contribution in [0.15, 0.2) is 47.5 Å². The Bertz CT molecular complexity index is 669. The molecule has 18 heavy (non-hydrogen) atoms. The van der Waals surface area contributed by atoms with Gasteiger partial charge in [0.25, 0.3) is 0 Å². The summed E-state index contributed by atoms with van der Waals surface area (Å²) in [5.41, 5.74) is 6.08. The van der Waals surface area contributed by atoms with Crippen LogP contribution in [0, 0.1) is 0 Å². The molecule has 5 nitrogen and oxygen atoms in total. The topological polar surface area (TPSA) is 82.3 Å². The lowest BCUT2D eigenvalue weighted by Gasteiger charge is -2.07. The Hall–Kier alpha value is -2.08. The molecule has 2 aromatic rings. The number of ether oxygens (including phenoxy) is 1. The number of benzene rings is 1. The maximum absolute atomic E-state index is 11.4. The van der Waals surface area contributed by atoms with Crippen molar-refractivity contribution in [3.05, 3.63) is 42.6 Å². The zero-order chi connectivity index (χ0) is 13.2. The van der Waals surface area contributed by atoms with Gasteiger partial charge in [-0.2, -0.15) is 0 Å². The van der Waals surface area contributed by atoms with Gasteiger partial charge in [-0.1, -0.05) is 6.07 Å². The van der Waals surface area contributed by atoms with Gasteiger partial charge in [-0.3, -0.25) is 0 Å². The highest BCUT2D eigenvalue weighted by Gasteiger charge is 2.09. The Kier molecular flexibility index (Phi) is 3.20. The van der Waals surface area contributed by atoms with Crippen molar-refractivity contribution in [1.29, 1.82) is 0 Å². The van der Waals surface area contributed by atoms with E-state index in [9.17, 15) is 8.42 Å². The number of anilines is 1. The highest BCUT2D eigenvalue weighted by molar-refractivity contribution is 7.90. The summed E-state index contributed by atoms with van der Waals surface area (Å²) in [6.07, 6.45) is 2.69. The van der Waals surface area contributed by atoms with E-state index in [1.165, 1.54) is 12.1 Å². The summed E-state index contributed by atoms with van der Waals surface area (Å²) < 4.78 is 28.3. The number of nitrogen functional groups attached to an aromatic ring is 1. The van der Waals surface area contributed by atoms with Crippen LogP contribution in [0.5, 0.6) is 11.6 Å². The molecule has 1 aromatic heterocycles. The molecule has 0 bridgehead atoms. The molecule has 2 N–H and O–H groups in total. The molecule has 0 aliphatic heterocycles. The zero-order valence-electron chi connectivity index (χ0n) is 9.70. The van der Waals surface area contributed by atoms with Gasteiger partial charge in [-0.05, 0) is 30.3 Å². The summed E-state index contributed by atoms with van der Waals surface area (Å²) in [7, 11) is -3.26. The molecule has 0 spiro atoms. The predicted molar refractivity (Wildman–Crippen MR) is 68.3 cm³/mol. The number of aromatic nitrogens is 1. The number of hydrogen-bond donors (Lipinski definition) is 1. The lowest BCUT2D eigenvalue weighted by atomic mass is 10.3. The first kappa shape index (κ1) is 12.4. The van der Waals surface area contributed by atoms with E-state index in [-0.39, 0.29) is 10.8 Å². The first-order valence-electron chi connectivity index (χ1n) is 5.15. The second kappa shape index (κ2) is 4.66. The maximum Gasteiger partial charge on any atom is 0.242 e. The van der Waals surface area contributed by atoms with Crippen LogP contribution in [0.2, 0.25) is 0 Å². The molecule has 0 atom stereocenters. The number of sulfone groups is 1. The SMILES string of the molecule is CS(=O)(=O)c1cccc(Oc2ncccc2N)c1. The quantitative estimate of drug-likeness (QED) is 0.915. The van der Waals surface area contributed by atoms with Crippen LogP contribution in [0.25, 0.3) is 0 Å². The molecule has 0 amide bonds. The van der Waals surface area contributed by atoms with Gasteiger partial charge in [0.2, 0.25) is 5.88 Å². The zero-order valence-corrected chi connectivity index (χ0v) is 10.5. The standard InChI is InChI=1S/C12H12N2O3S/c1-18(15,16)10-5-2-4-9(8-10)17-12-11(13)6-3-7-14-12/h2-8H,13H2,1H3. The summed E-state index contributed by atoms with van der Waals surface area (Å²) in [5.74, 6) is 0.631. The Morgan fingerprint density at radius 1 is 1.22 bits per heavy atom. The van der Waals surface area contributed by atoms with Crippen molar-refractivity contribution in [3.8, 4) is 11.6 Å². The Morgan fingerprint density at radius 3 is 2.67 bits per heavy atom. The normalized spacial score (nSPS) is 11.2. The van der Waals surface area contributed by atoms with Gasteiger partial charge < -0.3 is 10.5 Å². The predicted octanol–water partition coefficient (Wildman–Crippen LogP) is 1.86. The first-order chi connectivity index (χ1) is 8.47. The third-order valence-electron chi connectivity index (χ3n) is 2.25. The van der Waals surface area contributed by atoms with Gasteiger partial charge in [0.1, 0.15) is 5.75 Å². The minimum absolute atomic E-state index is 0.189. The number of hydrogen-bond acceptors (Lipinski definition) is 5. The Labute approximate surface area is 105 Å². The number of nitrogens with two attached hydrogens (primary N) is 1. The van der Waals surface area contributed by atoms with Crippen LogP contribution in [0.3, 0.4) is 0 Å². The summed E-state index contributed by atoms with van der Waals surface area (Å²) in [6.45, 7) is 0. The molecule has 0 fully saturated rings. The molecular weight excluding hydrogens is 252 g/mol. The summed E-state index contributed by atoms with van der Waals surface area (Å²) in [4.78, 5) is 4.16. The summed E-state index contributed by atoms with van der Waals surface area (Å²) >= 11 is 0. The Morgan fingerprint density at radius 2 is 2.00 bits per heavy atom.